The monoisotopic (exact) mass is 196 g/mol. The van der Waals surface area contributed by atoms with E-state index in [0.717, 1.165) is 17.9 Å². The van der Waals surface area contributed by atoms with Crippen molar-refractivity contribution in [2.45, 2.75) is 32.0 Å². The molecule has 0 aliphatic heterocycles. The molecule has 5 heteroatoms. The van der Waals surface area contributed by atoms with Crippen LogP contribution in [0, 0.1) is 0 Å². The predicted octanol–water partition coefficient (Wildman–Crippen LogP) is 0.479. The Labute approximate surface area is 83.4 Å². The van der Waals surface area contributed by atoms with Gasteiger partial charge in [0.15, 0.2) is 0 Å². The topological polar surface area (TPSA) is 52.0 Å². The normalized spacial score (nSPS) is 16.1. The van der Waals surface area contributed by atoms with Gasteiger partial charge in [-0.1, -0.05) is 5.21 Å². The second kappa shape index (κ2) is 4.06. The summed E-state index contributed by atoms with van der Waals surface area (Å²) in [6.45, 7) is 1.35. The standard InChI is InChI=1S/C9H16N4O/c1-10-5-8-9(6-14-2)13(12-11-8)7-3-4-7/h7,10H,3-6H2,1-2H3. The Morgan fingerprint density at radius 2 is 2.36 bits per heavy atom. The van der Waals surface area contributed by atoms with E-state index in [9.17, 15) is 0 Å². The molecule has 1 N–H and O–H groups in total. The van der Waals surface area contributed by atoms with Gasteiger partial charge in [0.25, 0.3) is 0 Å². The molecule has 1 saturated carbocycles. The van der Waals surface area contributed by atoms with Crippen molar-refractivity contribution in [2.75, 3.05) is 14.2 Å². The van der Waals surface area contributed by atoms with Gasteiger partial charge >= 0.3 is 0 Å². The van der Waals surface area contributed by atoms with E-state index in [1.165, 1.54) is 12.8 Å². The van der Waals surface area contributed by atoms with Crippen LogP contribution in [0.4, 0.5) is 0 Å². The van der Waals surface area contributed by atoms with Gasteiger partial charge in [0.1, 0.15) is 5.69 Å². The Hall–Kier alpha value is -0.940. The first-order valence-electron chi connectivity index (χ1n) is 4.93. The van der Waals surface area contributed by atoms with Gasteiger partial charge < -0.3 is 10.1 Å². The van der Waals surface area contributed by atoms with Crippen LogP contribution in [-0.2, 0) is 17.9 Å². The molecule has 1 aliphatic rings. The van der Waals surface area contributed by atoms with Crippen LogP contribution in [0.3, 0.4) is 0 Å². The molecule has 1 aromatic rings. The lowest BCUT2D eigenvalue weighted by Crippen LogP contribution is -2.10. The van der Waals surface area contributed by atoms with Crippen LogP contribution in [0.5, 0.6) is 0 Å². The molecule has 78 valence electrons. The summed E-state index contributed by atoms with van der Waals surface area (Å²) >= 11 is 0. The van der Waals surface area contributed by atoms with E-state index in [2.05, 4.69) is 15.6 Å². The fourth-order valence-corrected chi connectivity index (χ4v) is 1.55. The summed E-state index contributed by atoms with van der Waals surface area (Å²) in [5.74, 6) is 0. The summed E-state index contributed by atoms with van der Waals surface area (Å²) in [6, 6.07) is 0.568. The first-order chi connectivity index (χ1) is 6.86. The summed E-state index contributed by atoms with van der Waals surface area (Å²) in [7, 11) is 3.61. The van der Waals surface area contributed by atoms with E-state index in [1.54, 1.807) is 7.11 Å². The zero-order valence-electron chi connectivity index (χ0n) is 8.66. The highest BCUT2D eigenvalue weighted by Gasteiger charge is 2.28. The molecule has 0 bridgehead atoms. The van der Waals surface area contributed by atoms with E-state index in [0.29, 0.717) is 12.6 Å². The molecular formula is C9H16N4O. The van der Waals surface area contributed by atoms with Crippen LogP contribution in [0.15, 0.2) is 0 Å². The van der Waals surface area contributed by atoms with E-state index in [1.807, 2.05) is 11.7 Å². The molecule has 1 aliphatic carbocycles. The number of nitrogens with zero attached hydrogens (tertiary/aromatic N) is 3. The van der Waals surface area contributed by atoms with Crippen molar-refractivity contribution in [3.8, 4) is 0 Å². The van der Waals surface area contributed by atoms with E-state index < -0.39 is 0 Å². The van der Waals surface area contributed by atoms with Gasteiger partial charge in [-0.3, -0.25) is 0 Å². The highest BCUT2D eigenvalue weighted by Crippen LogP contribution is 2.35. The quantitative estimate of drug-likeness (QED) is 0.744. The van der Waals surface area contributed by atoms with Crippen LogP contribution < -0.4 is 5.32 Å². The summed E-state index contributed by atoms with van der Waals surface area (Å²) in [6.07, 6.45) is 2.44. The van der Waals surface area contributed by atoms with E-state index in [-0.39, 0.29) is 0 Å². The van der Waals surface area contributed by atoms with Gasteiger partial charge in [-0.2, -0.15) is 0 Å². The van der Waals surface area contributed by atoms with Crippen molar-refractivity contribution in [3.05, 3.63) is 11.4 Å². The van der Waals surface area contributed by atoms with Crippen molar-refractivity contribution in [2.24, 2.45) is 0 Å². The van der Waals surface area contributed by atoms with Gasteiger partial charge in [-0.05, 0) is 19.9 Å². The largest absolute Gasteiger partial charge is 0.378 e. The van der Waals surface area contributed by atoms with Crippen LogP contribution in [0.25, 0.3) is 0 Å². The number of rotatable bonds is 5. The molecule has 0 radical (unpaired) electrons. The maximum Gasteiger partial charge on any atom is 0.102 e. The first-order valence-corrected chi connectivity index (χ1v) is 4.93. The summed E-state index contributed by atoms with van der Waals surface area (Å²) < 4.78 is 7.17. The molecule has 1 heterocycles. The summed E-state index contributed by atoms with van der Waals surface area (Å²) in [5.41, 5.74) is 2.12. The molecule has 0 spiro atoms. The minimum absolute atomic E-state index is 0.568. The van der Waals surface area contributed by atoms with Crippen molar-refractivity contribution in [3.63, 3.8) is 0 Å². The maximum atomic E-state index is 5.16. The van der Waals surface area contributed by atoms with Crippen LogP contribution in [0.2, 0.25) is 0 Å². The van der Waals surface area contributed by atoms with Crippen molar-refractivity contribution in [1.29, 1.82) is 0 Å². The Morgan fingerprint density at radius 3 is 2.93 bits per heavy atom. The highest BCUT2D eigenvalue weighted by molar-refractivity contribution is 5.11. The third-order valence-corrected chi connectivity index (χ3v) is 2.39. The van der Waals surface area contributed by atoms with Gasteiger partial charge in [0.05, 0.1) is 18.3 Å². The molecule has 14 heavy (non-hydrogen) atoms. The van der Waals surface area contributed by atoms with Gasteiger partial charge in [-0.25, -0.2) is 4.68 Å². The lowest BCUT2D eigenvalue weighted by molar-refractivity contribution is 0.175. The SMILES string of the molecule is CNCc1nnn(C2CC2)c1COC. The van der Waals surface area contributed by atoms with Crippen molar-refractivity contribution < 1.29 is 4.74 Å². The van der Waals surface area contributed by atoms with Crippen molar-refractivity contribution in [1.82, 2.24) is 20.3 Å². The molecule has 0 aromatic carbocycles. The second-order valence-corrected chi connectivity index (χ2v) is 3.62. The molecule has 0 atom stereocenters. The highest BCUT2D eigenvalue weighted by atomic mass is 16.5. The van der Waals surface area contributed by atoms with Crippen LogP contribution >= 0.6 is 0 Å². The van der Waals surface area contributed by atoms with Gasteiger partial charge in [0.2, 0.25) is 0 Å². The van der Waals surface area contributed by atoms with Crippen LogP contribution in [-0.4, -0.2) is 29.2 Å². The Bertz CT molecular complexity index is 306. The lowest BCUT2D eigenvalue weighted by atomic mass is 10.3. The molecule has 1 fully saturated rings. The Kier molecular flexibility index (Phi) is 2.79. The summed E-state index contributed by atoms with van der Waals surface area (Å²) in [4.78, 5) is 0. The van der Waals surface area contributed by atoms with Crippen molar-refractivity contribution >= 4 is 0 Å². The minimum Gasteiger partial charge on any atom is -0.378 e. The number of ether oxygens (including phenoxy) is 1. The minimum atomic E-state index is 0.568. The Morgan fingerprint density at radius 1 is 1.57 bits per heavy atom. The Balaban J connectivity index is 2.21. The fraction of sp³-hybridized carbons (Fsp3) is 0.778. The molecule has 1 aromatic heterocycles. The fourth-order valence-electron chi connectivity index (χ4n) is 1.55. The molecule has 5 nitrogen and oxygen atoms in total. The predicted molar refractivity (Wildman–Crippen MR) is 51.8 cm³/mol. The zero-order valence-corrected chi connectivity index (χ0v) is 8.66. The number of hydrogen-bond donors (Lipinski definition) is 1. The van der Waals surface area contributed by atoms with Crippen LogP contribution in [0.1, 0.15) is 30.3 Å². The third kappa shape index (κ3) is 1.78. The zero-order chi connectivity index (χ0) is 9.97. The number of nitrogens with one attached hydrogen (secondary N) is 1. The van der Waals surface area contributed by atoms with Gasteiger partial charge in [-0.15, -0.1) is 5.10 Å². The molecule has 0 amide bonds. The van der Waals surface area contributed by atoms with E-state index >= 15 is 0 Å². The van der Waals surface area contributed by atoms with Gasteiger partial charge in [0, 0.05) is 13.7 Å². The number of aromatic nitrogens is 3. The molecule has 2 rings (SSSR count). The van der Waals surface area contributed by atoms with E-state index in [4.69, 9.17) is 4.74 Å². The number of hydrogen-bond acceptors (Lipinski definition) is 4. The smallest absolute Gasteiger partial charge is 0.102 e. The first kappa shape index (κ1) is 9.61. The second-order valence-electron chi connectivity index (χ2n) is 3.62. The average Bonchev–Trinajstić information content (AvgIpc) is 2.94. The third-order valence-electron chi connectivity index (χ3n) is 2.39. The molecule has 0 unspecified atom stereocenters. The molecule has 0 saturated heterocycles. The number of methoxy groups -OCH3 is 1. The lowest BCUT2D eigenvalue weighted by Gasteiger charge is -2.05. The average molecular weight is 196 g/mol. The molecular weight excluding hydrogens is 180 g/mol. The summed E-state index contributed by atoms with van der Waals surface area (Å²) in [5, 5.41) is 11.4. The maximum absolute atomic E-state index is 5.16.